The zero-order valence-electron chi connectivity index (χ0n) is 22.6. The number of benzene rings is 3. The van der Waals surface area contributed by atoms with Crippen molar-refractivity contribution in [2.45, 2.75) is 57.6 Å². The molecule has 0 spiro atoms. The lowest BCUT2D eigenvalue weighted by Crippen LogP contribution is -2.54. The quantitative estimate of drug-likeness (QED) is 0.340. The number of sulfonamides is 1. The summed E-state index contributed by atoms with van der Waals surface area (Å²) in [7, 11) is -4.17. The van der Waals surface area contributed by atoms with E-state index in [9.17, 15) is 18.0 Å². The predicted molar refractivity (Wildman–Crippen MR) is 157 cm³/mol. The van der Waals surface area contributed by atoms with Gasteiger partial charge in [-0.1, -0.05) is 59.6 Å². The van der Waals surface area contributed by atoms with E-state index in [1.807, 2.05) is 20.8 Å². The van der Waals surface area contributed by atoms with Gasteiger partial charge in [-0.25, -0.2) is 8.42 Å². The van der Waals surface area contributed by atoms with Gasteiger partial charge in [0.2, 0.25) is 11.8 Å². The summed E-state index contributed by atoms with van der Waals surface area (Å²) in [5.74, 6) is -0.931. The van der Waals surface area contributed by atoms with Crippen molar-refractivity contribution in [2.24, 2.45) is 0 Å². The molecule has 1 unspecified atom stereocenters. The number of amides is 2. The van der Waals surface area contributed by atoms with E-state index < -0.39 is 34.1 Å². The smallest absolute Gasteiger partial charge is 0.264 e. The summed E-state index contributed by atoms with van der Waals surface area (Å²) in [5, 5.41) is 3.74. The molecule has 0 heterocycles. The van der Waals surface area contributed by atoms with Gasteiger partial charge in [-0.05, 0) is 82.1 Å². The van der Waals surface area contributed by atoms with Crippen LogP contribution in [0.3, 0.4) is 0 Å². The van der Waals surface area contributed by atoms with Crippen LogP contribution >= 0.6 is 23.2 Å². The third-order valence-corrected chi connectivity index (χ3v) is 8.44. The highest BCUT2D eigenvalue weighted by atomic mass is 35.5. The van der Waals surface area contributed by atoms with Crippen LogP contribution in [0.5, 0.6) is 0 Å². The summed E-state index contributed by atoms with van der Waals surface area (Å²) >= 11 is 12.5. The van der Waals surface area contributed by atoms with Crippen LogP contribution in [-0.2, 0) is 26.2 Å². The molecule has 0 bridgehead atoms. The Morgan fingerprint density at radius 1 is 0.949 bits per heavy atom. The first-order chi connectivity index (χ1) is 18.2. The van der Waals surface area contributed by atoms with E-state index >= 15 is 0 Å². The highest BCUT2D eigenvalue weighted by Crippen LogP contribution is 2.31. The van der Waals surface area contributed by atoms with Crippen LogP contribution < -0.4 is 9.62 Å². The Morgan fingerprint density at radius 3 is 2.21 bits per heavy atom. The number of nitrogens with one attached hydrogen (secondary N) is 1. The largest absolute Gasteiger partial charge is 0.350 e. The Kier molecular flexibility index (Phi) is 9.69. The molecule has 39 heavy (non-hydrogen) atoms. The second kappa shape index (κ2) is 12.4. The van der Waals surface area contributed by atoms with Gasteiger partial charge >= 0.3 is 0 Å². The van der Waals surface area contributed by atoms with Crippen LogP contribution in [0, 0.1) is 6.92 Å². The van der Waals surface area contributed by atoms with Crippen molar-refractivity contribution in [3.63, 3.8) is 0 Å². The number of carbonyl (C=O) groups is 2. The van der Waals surface area contributed by atoms with E-state index in [0.717, 1.165) is 4.31 Å². The molecular weight excluding hydrogens is 557 g/mol. The minimum atomic E-state index is -4.17. The summed E-state index contributed by atoms with van der Waals surface area (Å²) in [6.45, 7) is 8.34. The standard InChI is InChI=1S/C29H33Cl2N3O4S/c1-20-25(31)15-10-16-26(20)34(39(37,38)24-13-7-6-8-14-24)19-27(35)33(18-22-11-9-12-23(30)17-22)21(2)28(36)32-29(3,4)5/h6-17,21H,18-19H2,1-5H3,(H,32,36). The van der Waals surface area contributed by atoms with Crippen molar-refractivity contribution >= 4 is 50.7 Å². The Hall–Kier alpha value is -3.07. The van der Waals surface area contributed by atoms with Crippen molar-refractivity contribution < 1.29 is 18.0 Å². The van der Waals surface area contributed by atoms with Crippen LogP contribution in [0.2, 0.25) is 10.0 Å². The zero-order chi connectivity index (χ0) is 29.0. The molecule has 0 aromatic heterocycles. The molecule has 0 fully saturated rings. The zero-order valence-corrected chi connectivity index (χ0v) is 24.9. The summed E-state index contributed by atoms with van der Waals surface area (Å²) in [6.07, 6.45) is 0. The van der Waals surface area contributed by atoms with Gasteiger partial charge in [-0.3, -0.25) is 13.9 Å². The number of anilines is 1. The molecule has 10 heteroatoms. The van der Waals surface area contributed by atoms with Gasteiger partial charge in [-0.2, -0.15) is 0 Å². The highest BCUT2D eigenvalue weighted by Gasteiger charge is 2.34. The second-order valence-corrected chi connectivity index (χ2v) is 13.0. The normalized spacial score (nSPS) is 12.5. The molecule has 0 aliphatic heterocycles. The van der Waals surface area contributed by atoms with E-state index in [1.54, 1.807) is 74.5 Å². The van der Waals surface area contributed by atoms with E-state index in [2.05, 4.69) is 5.32 Å². The SMILES string of the molecule is Cc1c(Cl)cccc1N(CC(=O)N(Cc1cccc(Cl)c1)C(C)C(=O)NC(C)(C)C)S(=O)(=O)c1ccccc1. The van der Waals surface area contributed by atoms with Gasteiger partial charge in [-0.15, -0.1) is 0 Å². The van der Waals surface area contributed by atoms with E-state index in [4.69, 9.17) is 23.2 Å². The molecule has 0 saturated carbocycles. The molecule has 7 nitrogen and oxygen atoms in total. The molecular formula is C29H33Cl2N3O4S. The van der Waals surface area contributed by atoms with E-state index in [1.165, 1.54) is 17.0 Å². The lowest BCUT2D eigenvalue weighted by Gasteiger charge is -2.34. The lowest BCUT2D eigenvalue weighted by molar-refractivity contribution is -0.140. The number of carbonyl (C=O) groups excluding carboxylic acids is 2. The second-order valence-electron chi connectivity index (χ2n) is 10.3. The average Bonchev–Trinajstić information content (AvgIpc) is 2.86. The summed E-state index contributed by atoms with van der Waals surface area (Å²) in [6, 6.07) is 18.8. The van der Waals surface area contributed by atoms with Gasteiger partial charge < -0.3 is 10.2 Å². The molecule has 1 atom stereocenters. The number of nitrogens with zero attached hydrogens (tertiary/aromatic N) is 2. The fraction of sp³-hybridized carbons (Fsp3) is 0.310. The van der Waals surface area contributed by atoms with Crippen molar-refractivity contribution in [2.75, 3.05) is 10.8 Å². The van der Waals surface area contributed by atoms with Gasteiger partial charge in [0.05, 0.1) is 10.6 Å². The number of halogens is 2. The molecule has 3 aromatic carbocycles. The molecule has 0 aliphatic rings. The first kappa shape index (κ1) is 30.5. The highest BCUT2D eigenvalue weighted by molar-refractivity contribution is 7.92. The molecule has 208 valence electrons. The van der Waals surface area contributed by atoms with Crippen LogP contribution in [0.15, 0.2) is 77.7 Å². The van der Waals surface area contributed by atoms with Crippen LogP contribution in [0.1, 0.15) is 38.8 Å². The Bertz CT molecular complexity index is 1440. The Labute approximate surface area is 240 Å². The van der Waals surface area contributed by atoms with Crippen molar-refractivity contribution in [3.05, 3.63) is 94.0 Å². The monoisotopic (exact) mass is 589 g/mol. The Morgan fingerprint density at radius 2 is 1.59 bits per heavy atom. The van der Waals surface area contributed by atoms with Gasteiger partial charge in [0.15, 0.2) is 0 Å². The van der Waals surface area contributed by atoms with Crippen molar-refractivity contribution in [1.29, 1.82) is 0 Å². The van der Waals surface area contributed by atoms with Gasteiger partial charge in [0.25, 0.3) is 10.0 Å². The summed E-state index contributed by atoms with van der Waals surface area (Å²) in [5.41, 5.74) is 0.944. The first-order valence-corrected chi connectivity index (χ1v) is 14.6. The van der Waals surface area contributed by atoms with Crippen molar-refractivity contribution in [1.82, 2.24) is 10.2 Å². The fourth-order valence-corrected chi connectivity index (χ4v) is 5.86. The minimum Gasteiger partial charge on any atom is -0.350 e. The molecule has 1 N–H and O–H groups in total. The number of hydrogen-bond donors (Lipinski definition) is 1. The first-order valence-electron chi connectivity index (χ1n) is 12.4. The van der Waals surface area contributed by atoms with E-state index in [-0.39, 0.29) is 23.0 Å². The molecule has 3 aromatic rings. The lowest BCUT2D eigenvalue weighted by atomic mass is 10.1. The van der Waals surface area contributed by atoms with Gasteiger partial charge in [0.1, 0.15) is 12.6 Å². The average molecular weight is 591 g/mol. The van der Waals surface area contributed by atoms with E-state index in [0.29, 0.717) is 21.2 Å². The molecule has 2 amide bonds. The maximum atomic E-state index is 14.0. The third kappa shape index (κ3) is 7.75. The summed E-state index contributed by atoms with van der Waals surface area (Å²) in [4.78, 5) is 28.5. The fourth-order valence-electron chi connectivity index (χ4n) is 3.99. The van der Waals surface area contributed by atoms with Crippen molar-refractivity contribution in [3.8, 4) is 0 Å². The predicted octanol–water partition coefficient (Wildman–Crippen LogP) is 5.83. The molecule has 3 rings (SSSR count). The molecule has 0 saturated heterocycles. The summed E-state index contributed by atoms with van der Waals surface area (Å²) < 4.78 is 28.8. The Balaban J connectivity index is 2.07. The third-order valence-electron chi connectivity index (χ3n) is 6.03. The topological polar surface area (TPSA) is 86.8 Å². The maximum absolute atomic E-state index is 14.0. The minimum absolute atomic E-state index is 0.0251. The molecule has 0 aliphatic carbocycles. The van der Waals surface area contributed by atoms with Crippen LogP contribution in [0.25, 0.3) is 0 Å². The van der Waals surface area contributed by atoms with Crippen LogP contribution in [-0.4, -0.2) is 43.3 Å². The molecule has 0 radical (unpaired) electrons. The van der Waals surface area contributed by atoms with Crippen LogP contribution in [0.4, 0.5) is 5.69 Å². The number of rotatable bonds is 9. The van der Waals surface area contributed by atoms with Gasteiger partial charge in [0, 0.05) is 22.1 Å². The maximum Gasteiger partial charge on any atom is 0.264 e. The number of hydrogen-bond acceptors (Lipinski definition) is 4.